The zero-order valence-electron chi connectivity index (χ0n) is 24.8. The van der Waals surface area contributed by atoms with Gasteiger partial charge in [-0.05, 0) is 66.8 Å². The summed E-state index contributed by atoms with van der Waals surface area (Å²) in [6.45, 7) is 3.34. The molecule has 0 spiro atoms. The molecule has 0 radical (unpaired) electrons. The van der Waals surface area contributed by atoms with Gasteiger partial charge in [-0.3, -0.25) is 14.4 Å². The first-order valence-corrected chi connectivity index (χ1v) is 14.0. The number of carbonyl (C=O) groups excluding carboxylic acids is 2. The van der Waals surface area contributed by atoms with E-state index in [1.165, 1.54) is 20.1 Å². The van der Waals surface area contributed by atoms with Crippen LogP contribution < -0.4 is 35.6 Å². The number of methoxy groups -OCH3 is 3. The third kappa shape index (κ3) is 5.97. The zero-order chi connectivity index (χ0) is 30.7. The molecule has 224 valence electrons. The molecule has 1 aromatic heterocycles. The summed E-state index contributed by atoms with van der Waals surface area (Å²) in [5.41, 5.74) is 4.64. The fourth-order valence-corrected chi connectivity index (χ4v) is 5.54. The smallest absolute Gasteiger partial charge is 0.242 e. The van der Waals surface area contributed by atoms with Gasteiger partial charge in [0.15, 0.2) is 11.5 Å². The second kappa shape index (κ2) is 12.4. The topological polar surface area (TPSA) is 144 Å². The highest BCUT2D eigenvalue weighted by Crippen LogP contribution is 2.50. The number of imidazole rings is 1. The molecular weight excluding hydrogens is 550 g/mol. The third-order valence-corrected chi connectivity index (χ3v) is 7.55. The number of anilines is 1. The summed E-state index contributed by atoms with van der Waals surface area (Å²) in [6, 6.07) is 13.3. The summed E-state index contributed by atoms with van der Waals surface area (Å²) in [5, 5.41) is 8.92. The van der Waals surface area contributed by atoms with Crippen LogP contribution in [0.3, 0.4) is 0 Å². The number of nitrogens with one attached hydrogen (secondary N) is 4. The number of para-hydroxylation sites is 2. The highest BCUT2D eigenvalue weighted by Gasteiger charge is 2.29. The molecule has 0 fully saturated rings. The van der Waals surface area contributed by atoms with E-state index >= 15 is 0 Å². The molecule has 0 unspecified atom stereocenters. The molecule has 0 saturated carbocycles. The fraction of sp³-hybridized carbons (Fsp3) is 0.312. The van der Waals surface area contributed by atoms with Crippen molar-refractivity contribution in [3.8, 4) is 28.4 Å². The zero-order valence-corrected chi connectivity index (χ0v) is 24.8. The van der Waals surface area contributed by atoms with Crippen LogP contribution in [-0.2, 0) is 22.6 Å². The van der Waals surface area contributed by atoms with Gasteiger partial charge in [0, 0.05) is 12.5 Å². The van der Waals surface area contributed by atoms with E-state index < -0.39 is 12.1 Å². The molecular formula is C32H35N5O6. The molecule has 1 aliphatic rings. The first-order chi connectivity index (χ1) is 20.7. The summed E-state index contributed by atoms with van der Waals surface area (Å²) in [4.78, 5) is 46.4. The van der Waals surface area contributed by atoms with Gasteiger partial charge in [-0.25, -0.2) is 4.98 Å². The predicted octanol–water partition coefficient (Wildman–Crippen LogP) is 3.86. The van der Waals surface area contributed by atoms with Crippen molar-refractivity contribution in [3.05, 3.63) is 75.7 Å². The lowest BCUT2D eigenvalue weighted by atomic mass is 9.95. The van der Waals surface area contributed by atoms with Crippen LogP contribution in [-0.4, -0.2) is 49.2 Å². The van der Waals surface area contributed by atoms with E-state index in [1.54, 1.807) is 27.2 Å². The van der Waals surface area contributed by atoms with E-state index in [0.29, 0.717) is 47.0 Å². The second-order valence-corrected chi connectivity index (χ2v) is 10.4. The van der Waals surface area contributed by atoms with Gasteiger partial charge >= 0.3 is 0 Å². The molecule has 43 heavy (non-hydrogen) atoms. The summed E-state index contributed by atoms with van der Waals surface area (Å²) >= 11 is 0. The number of fused-ring (bicyclic) bond motifs is 4. The molecule has 1 aliphatic carbocycles. The van der Waals surface area contributed by atoms with Crippen LogP contribution in [0.5, 0.6) is 17.2 Å². The van der Waals surface area contributed by atoms with Crippen molar-refractivity contribution in [1.82, 2.24) is 20.6 Å². The SMILES string of the molecule is COc1cc2c(c(OC)c1OC)-c1ccc(N[C@H](C)C(=O)NCc3nc4ccccc4[nH]3)c(=O)cc1[C@H](NC(C)=O)CC2. The first-order valence-electron chi connectivity index (χ1n) is 14.0. The monoisotopic (exact) mass is 585 g/mol. The molecule has 2 amide bonds. The van der Waals surface area contributed by atoms with Gasteiger partial charge in [0.05, 0.1) is 50.6 Å². The molecule has 4 N–H and O–H groups in total. The average molecular weight is 586 g/mol. The maximum atomic E-state index is 13.6. The van der Waals surface area contributed by atoms with Crippen molar-refractivity contribution in [2.75, 3.05) is 26.6 Å². The minimum atomic E-state index is -0.725. The number of hydrogen-bond acceptors (Lipinski definition) is 8. The Morgan fingerprint density at radius 1 is 1.05 bits per heavy atom. The maximum absolute atomic E-state index is 13.6. The van der Waals surface area contributed by atoms with E-state index in [1.807, 2.05) is 36.4 Å². The standard InChI is InChI=1S/C32H35N5O6/c1-17(32(40)33-16-28-36-23-8-6-7-9-24(23)37-28)34-25-13-11-20-21(15-26(25)39)22(35-18(2)38)12-10-19-14-27(41-3)30(42-4)31(43-5)29(19)20/h6-9,11,13-15,17,22H,10,12,16H2,1-5H3,(H,33,40)(H,34,39)(H,35,38)(H,36,37)/t17-,22-/m1/s1. The molecule has 2 atom stereocenters. The highest BCUT2D eigenvalue weighted by molar-refractivity contribution is 5.86. The maximum Gasteiger partial charge on any atom is 0.242 e. The van der Waals surface area contributed by atoms with Gasteiger partial charge in [0.1, 0.15) is 11.9 Å². The van der Waals surface area contributed by atoms with Crippen molar-refractivity contribution in [3.63, 3.8) is 0 Å². The van der Waals surface area contributed by atoms with Crippen LogP contribution in [0, 0.1) is 0 Å². The summed E-state index contributed by atoms with van der Waals surface area (Å²) in [7, 11) is 4.64. The van der Waals surface area contributed by atoms with Crippen molar-refractivity contribution in [2.45, 2.75) is 45.3 Å². The Bertz CT molecular complexity index is 1720. The van der Waals surface area contributed by atoms with Crippen molar-refractivity contribution >= 4 is 28.5 Å². The van der Waals surface area contributed by atoms with Crippen LogP contribution in [0.25, 0.3) is 22.2 Å². The highest BCUT2D eigenvalue weighted by atomic mass is 16.5. The quantitative estimate of drug-likeness (QED) is 0.232. The van der Waals surface area contributed by atoms with Gasteiger partial charge in [0.2, 0.25) is 23.0 Å². The lowest BCUT2D eigenvalue weighted by molar-refractivity contribution is -0.122. The Hall–Kier alpha value is -5.06. The largest absolute Gasteiger partial charge is 0.493 e. The minimum Gasteiger partial charge on any atom is -0.493 e. The third-order valence-electron chi connectivity index (χ3n) is 7.55. The Morgan fingerprint density at radius 3 is 2.51 bits per heavy atom. The number of aryl methyl sites for hydroxylation is 1. The number of ether oxygens (including phenoxy) is 3. The van der Waals surface area contributed by atoms with Gasteiger partial charge < -0.3 is 35.1 Å². The Balaban J connectivity index is 1.49. The van der Waals surface area contributed by atoms with E-state index in [-0.39, 0.29) is 29.5 Å². The van der Waals surface area contributed by atoms with E-state index in [4.69, 9.17) is 14.2 Å². The minimum absolute atomic E-state index is 0.209. The van der Waals surface area contributed by atoms with Gasteiger partial charge in [-0.2, -0.15) is 0 Å². The van der Waals surface area contributed by atoms with Crippen LogP contribution in [0.4, 0.5) is 5.69 Å². The number of nitrogens with zero attached hydrogens (tertiary/aromatic N) is 1. The normalized spacial score (nSPS) is 14.5. The van der Waals surface area contributed by atoms with Crippen molar-refractivity contribution < 1.29 is 23.8 Å². The number of carbonyl (C=O) groups is 2. The molecule has 11 heteroatoms. The molecule has 11 nitrogen and oxygen atoms in total. The second-order valence-electron chi connectivity index (χ2n) is 10.4. The van der Waals surface area contributed by atoms with Gasteiger partial charge in [0.25, 0.3) is 0 Å². The Labute approximate surface area is 249 Å². The van der Waals surface area contributed by atoms with Crippen molar-refractivity contribution in [1.29, 1.82) is 0 Å². The molecule has 3 aromatic carbocycles. The molecule has 4 aromatic rings. The number of benzene rings is 2. The van der Waals surface area contributed by atoms with Crippen LogP contribution in [0.15, 0.2) is 53.3 Å². The Morgan fingerprint density at radius 2 is 1.81 bits per heavy atom. The van der Waals surface area contributed by atoms with Gasteiger partial charge in [-0.1, -0.05) is 18.2 Å². The first kappa shape index (κ1) is 29.4. The predicted molar refractivity (Wildman–Crippen MR) is 164 cm³/mol. The van der Waals surface area contributed by atoms with Crippen LogP contribution in [0.2, 0.25) is 0 Å². The summed E-state index contributed by atoms with van der Waals surface area (Å²) < 4.78 is 17.1. The van der Waals surface area contributed by atoms with E-state index in [9.17, 15) is 14.4 Å². The number of aromatic nitrogens is 2. The molecule has 1 heterocycles. The van der Waals surface area contributed by atoms with E-state index in [0.717, 1.165) is 22.2 Å². The number of amides is 2. The number of hydrogen-bond donors (Lipinski definition) is 4. The van der Waals surface area contributed by atoms with Gasteiger partial charge in [-0.15, -0.1) is 0 Å². The van der Waals surface area contributed by atoms with Crippen LogP contribution in [0.1, 0.15) is 43.3 Å². The van der Waals surface area contributed by atoms with E-state index in [2.05, 4.69) is 25.9 Å². The fourth-order valence-electron chi connectivity index (χ4n) is 5.54. The summed E-state index contributed by atoms with van der Waals surface area (Å²) in [5.74, 6) is 1.53. The number of rotatable bonds is 9. The lowest BCUT2D eigenvalue weighted by Crippen LogP contribution is -2.38. The number of aromatic amines is 1. The molecule has 0 saturated heterocycles. The average Bonchev–Trinajstić information content (AvgIpc) is 3.28. The summed E-state index contributed by atoms with van der Waals surface area (Å²) in [6.07, 6.45) is 1.14. The molecule has 5 rings (SSSR count). The molecule has 0 aliphatic heterocycles. The molecule has 0 bridgehead atoms. The number of H-pyrrole nitrogens is 1. The Kier molecular flexibility index (Phi) is 8.51. The lowest BCUT2D eigenvalue weighted by Gasteiger charge is -2.19. The van der Waals surface area contributed by atoms with Crippen molar-refractivity contribution in [2.24, 2.45) is 0 Å². The van der Waals surface area contributed by atoms with Crippen LogP contribution >= 0.6 is 0 Å².